The molecule has 3 nitrogen and oxygen atoms in total. The summed E-state index contributed by atoms with van der Waals surface area (Å²) in [6, 6.07) is 3.91. The molecule has 0 fully saturated rings. The molecule has 19 heavy (non-hydrogen) atoms. The predicted octanol–water partition coefficient (Wildman–Crippen LogP) is 2.99. The van der Waals surface area contributed by atoms with Crippen LogP contribution in [-0.2, 0) is 0 Å². The fourth-order valence-electron chi connectivity index (χ4n) is 1.51. The first-order chi connectivity index (χ1) is 8.79. The summed E-state index contributed by atoms with van der Waals surface area (Å²) in [6.07, 6.45) is -3.78. The lowest BCUT2D eigenvalue weighted by atomic mass is 10.1. The molecule has 108 valence electrons. The highest BCUT2D eigenvalue weighted by Gasteiger charge is 2.42. The number of methoxy groups -OCH3 is 1. The second-order valence-corrected chi connectivity index (χ2v) is 4.01. The van der Waals surface area contributed by atoms with E-state index in [2.05, 4.69) is 0 Å². The molecule has 0 amide bonds. The Morgan fingerprint density at radius 1 is 1.26 bits per heavy atom. The van der Waals surface area contributed by atoms with Gasteiger partial charge in [-0.15, -0.1) is 0 Å². The Kier molecular flexibility index (Phi) is 4.99. The molecule has 0 heterocycles. The molecule has 0 aromatic heterocycles. The van der Waals surface area contributed by atoms with Crippen LogP contribution in [0, 0.1) is 0 Å². The first-order valence-corrected chi connectivity index (χ1v) is 5.51. The van der Waals surface area contributed by atoms with Crippen molar-refractivity contribution < 1.29 is 27.0 Å². The van der Waals surface area contributed by atoms with Gasteiger partial charge in [-0.2, -0.15) is 8.78 Å². The highest BCUT2D eigenvalue weighted by molar-refractivity contribution is 5.46. The van der Waals surface area contributed by atoms with E-state index in [1.54, 1.807) is 13.0 Å². The predicted molar refractivity (Wildman–Crippen MR) is 62.0 cm³/mol. The summed E-state index contributed by atoms with van der Waals surface area (Å²) in [7, 11) is 1.39. The van der Waals surface area contributed by atoms with Gasteiger partial charge in [0.2, 0.25) is 0 Å². The second kappa shape index (κ2) is 6.10. The summed E-state index contributed by atoms with van der Waals surface area (Å²) >= 11 is 0. The van der Waals surface area contributed by atoms with E-state index in [1.165, 1.54) is 19.2 Å². The molecule has 0 spiro atoms. The van der Waals surface area contributed by atoms with Gasteiger partial charge in [-0.1, -0.05) is 6.07 Å². The standard InChI is InChI=1S/C12H15F4NO2/c1-7(17)10-8(18-2)4-3-5-9(10)19-6-12(15,16)11(13)14/h3-5,7,11H,6,17H2,1-2H3/t7-/m1/s1. The maximum Gasteiger partial charge on any atom is 0.340 e. The van der Waals surface area contributed by atoms with Crippen LogP contribution >= 0.6 is 0 Å². The molecule has 1 aromatic rings. The maximum absolute atomic E-state index is 12.8. The quantitative estimate of drug-likeness (QED) is 0.815. The topological polar surface area (TPSA) is 44.5 Å². The fourth-order valence-corrected chi connectivity index (χ4v) is 1.51. The highest BCUT2D eigenvalue weighted by Crippen LogP contribution is 2.34. The van der Waals surface area contributed by atoms with Gasteiger partial charge in [-0.3, -0.25) is 0 Å². The van der Waals surface area contributed by atoms with E-state index in [0.29, 0.717) is 11.3 Å². The van der Waals surface area contributed by atoms with Crippen molar-refractivity contribution in [3.63, 3.8) is 0 Å². The summed E-state index contributed by atoms with van der Waals surface area (Å²) < 4.78 is 59.5. The van der Waals surface area contributed by atoms with Gasteiger partial charge < -0.3 is 15.2 Å². The van der Waals surface area contributed by atoms with Gasteiger partial charge in [0.1, 0.15) is 11.5 Å². The molecule has 0 saturated carbocycles. The number of ether oxygens (including phenoxy) is 2. The first-order valence-electron chi connectivity index (χ1n) is 5.51. The molecule has 0 aliphatic heterocycles. The zero-order chi connectivity index (χ0) is 14.6. The number of nitrogens with two attached hydrogens (primary N) is 1. The van der Waals surface area contributed by atoms with Crippen LogP contribution in [0.15, 0.2) is 18.2 Å². The fraction of sp³-hybridized carbons (Fsp3) is 0.500. The van der Waals surface area contributed by atoms with Gasteiger partial charge in [0, 0.05) is 6.04 Å². The van der Waals surface area contributed by atoms with Crippen LogP contribution < -0.4 is 15.2 Å². The van der Waals surface area contributed by atoms with Crippen molar-refractivity contribution in [2.45, 2.75) is 25.3 Å². The Morgan fingerprint density at radius 2 is 1.84 bits per heavy atom. The molecular formula is C12H15F4NO2. The van der Waals surface area contributed by atoms with Crippen molar-refractivity contribution in [1.82, 2.24) is 0 Å². The normalized spacial score (nSPS) is 13.5. The van der Waals surface area contributed by atoms with E-state index in [9.17, 15) is 17.6 Å². The van der Waals surface area contributed by atoms with Gasteiger partial charge in [0.15, 0.2) is 6.61 Å². The van der Waals surface area contributed by atoms with Crippen molar-refractivity contribution in [2.75, 3.05) is 13.7 Å². The van der Waals surface area contributed by atoms with Crippen molar-refractivity contribution >= 4 is 0 Å². The van der Waals surface area contributed by atoms with Crippen LogP contribution in [0.1, 0.15) is 18.5 Å². The van der Waals surface area contributed by atoms with Crippen LogP contribution in [0.5, 0.6) is 11.5 Å². The van der Waals surface area contributed by atoms with Crippen LogP contribution in [-0.4, -0.2) is 26.1 Å². The lowest BCUT2D eigenvalue weighted by Gasteiger charge is -2.20. The molecule has 0 bridgehead atoms. The van der Waals surface area contributed by atoms with Crippen molar-refractivity contribution in [2.24, 2.45) is 5.73 Å². The van der Waals surface area contributed by atoms with E-state index in [0.717, 1.165) is 0 Å². The number of rotatable bonds is 6. The monoisotopic (exact) mass is 281 g/mol. The Bertz CT molecular complexity index is 424. The van der Waals surface area contributed by atoms with E-state index >= 15 is 0 Å². The molecule has 1 atom stereocenters. The molecule has 0 aliphatic rings. The van der Waals surface area contributed by atoms with Crippen molar-refractivity contribution in [3.05, 3.63) is 23.8 Å². The summed E-state index contributed by atoms with van der Waals surface area (Å²) in [5.74, 6) is -3.85. The summed E-state index contributed by atoms with van der Waals surface area (Å²) in [5, 5.41) is 0. The molecule has 0 unspecified atom stereocenters. The zero-order valence-electron chi connectivity index (χ0n) is 10.5. The third-order valence-electron chi connectivity index (χ3n) is 2.44. The average Bonchev–Trinajstić information content (AvgIpc) is 2.35. The minimum atomic E-state index is -4.21. The Hall–Kier alpha value is -1.50. The summed E-state index contributed by atoms with van der Waals surface area (Å²) in [5.41, 5.74) is 6.05. The van der Waals surface area contributed by atoms with Crippen LogP contribution in [0.2, 0.25) is 0 Å². The van der Waals surface area contributed by atoms with Gasteiger partial charge in [-0.05, 0) is 19.1 Å². The van der Waals surface area contributed by atoms with E-state index in [1.807, 2.05) is 0 Å². The smallest absolute Gasteiger partial charge is 0.340 e. The first kappa shape index (κ1) is 15.6. The van der Waals surface area contributed by atoms with Crippen molar-refractivity contribution in [3.8, 4) is 11.5 Å². The van der Waals surface area contributed by atoms with Gasteiger partial charge in [-0.25, -0.2) is 8.78 Å². The van der Waals surface area contributed by atoms with Gasteiger partial charge in [0.25, 0.3) is 0 Å². The molecule has 0 radical (unpaired) electrons. The molecule has 7 heteroatoms. The Morgan fingerprint density at radius 3 is 2.32 bits per heavy atom. The molecule has 0 aliphatic carbocycles. The number of hydrogen-bond donors (Lipinski definition) is 1. The Labute approximate surface area is 108 Å². The van der Waals surface area contributed by atoms with E-state index < -0.39 is 25.0 Å². The summed E-state index contributed by atoms with van der Waals surface area (Å²) in [6.45, 7) is 0.188. The molecule has 1 rings (SSSR count). The van der Waals surface area contributed by atoms with Crippen LogP contribution in [0.4, 0.5) is 17.6 Å². The molecule has 2 N–H and O–H groups in total. The average molecular weight is 281 g/mol. The van der Waals surface area contributed by atoms with Crippen LogP contribution in [0.3, 0.4) is 0 Å². The largest absolute Gasteiger partial charge is 0.496 e. The number of alkyl halides is 4. The minimum Gasteiger partial charge on any atom is -0.496 e. The third-order valence-corrected chi connectivity index (χ3v) is 2.44. The SMILES string of the molecule is COc1cccc(OCC(F)(F)C(F)F)c1[C@@H](C)N. The maximum atomic E-state index is 12.8. The molecule has 1 aromatic carbocycles. The van der Waals surface area contributed by atoms with E-state index in [4.69, 9.17) is 15.2 Å². The second-order valence-electron chi connectivity index (χ2n) is 4.01. The minimum absolute atomic E-state index is 0.00896. The highest BCUT2D eigenvalue weighted by atomic mass is 19.3. The summed E-state index contributed by atoms with van der Waals surface area (Å²) in [4.78, 5) is 0. The van der Waals surface area contributed by atoms with Crippen LogP contribution in [0.25, 0.3) is 0 Å². The Balaban J connectivity index is 2.96. The lowest BCUT2D eigenvalue weighted by molar-refractivity contribution is -0.148. The third kappa shape index (κ3) is 3.73. The van der Waals surface area contributed by atoms with Crippen molar-refractivity contribution in [1.29, 1.82) is 0 Å². The molecular weight excluding hydrogens is 266 g/mol. The zero-order valence-corrected chi connectivity index (χ0v) is 10.5. The van der Waals surface area contributed by atoms with E-state index in [-0.39, 0.29) is 5.75 Å². The number of halogens is 4. The van der Waals surface area contributed by atoms with Gasteiger partial charge in [0.05, 0.1) is 12.7 Å². The lowest BCUT2D eigenvalue weighted by Crippen LogP contribution is -2.34. The van der Waals surface area contributed by atoms with Gasteiger partial charge >= 0.3 is 12.3 Å². The molecule has 0 saturated heterocycles. The number of hydrogen-bond acceptors (Lipinski definition) is 3. The number of benzene rings is 1.